The van der Waals surface area contributed by atoms with Crippen LogP contribution < -0.4 is 76.4 Å². The van der Waals surface area contributed by atoms with Crippen LogP contribution in [0.25, 0.3) is 0 Å². The Morgan fingerprint density at radius 2 is 1.53 bits per heavy atom. The number of nitrogens with one attached hydrogen (secondary N) is 8. The fourth-order valence-corrected chi connectivity index (χ4v) is 7.56. The number of hydrogen-bond acceptors (Lipinski definition) is 17. The molecule has 1 aliphatic rings. The maximum absolute atomic E-state index is 14.3. The molecular formula is C47H78N16O12. The van der Waals surface area contributed by atoms with Crippen molar-refractivity contribution in [1.82, 2.24) is 42.1 Å². The van der Waals surface area contributed by atoms with Crippen molar-refractivity contribution in [3.05, 3.63) is 41.6 Å². The third kappa shape index (κ3) is 22.9. The van der Waals surface area contributed by atoms with Crippen molar-refractivity contribution in [2.45, 2.75) is 126 Å². The van der Waals surface area contributed by atoms with Gasteiger partial charge in [-0.15, -0.1) is 0 Å². The molecule has 28 nitrogen and oxygen atoms in total. The van der Waals surface area contributed by atoms with Crippen LogP contribution in [0.4, 0.5) is 0 Å². The van der Waals surface area contributed by atoms with Crippen molar-refractivity contribution in [3.8, 4) is 5.75 Å². The highest BCUT2D eigenvalue weighted by atomic mass is 16.5. The number of aliphatic carboxylic acids is 1. The zero-order valence-electron chi connectivity index (χ0n) is 42.7. The lowest BCUT2D eigenvalue weighted by molar-refractivity contribution is -0.137. The standard InChI is InChI=1S/C47H78N16O12/c1-27(57-44(71)38(36(64)25-51)62-40(67)30(52)13-3-5-18-48)39(66)56-26-37(65)58-32(15-8-20-50)45(72)63-22-10-17-35(63)43(70)61-34(24-28-11-7-12-29(23-28)75-2)42(69)59-31(14-4-6-19-49)41(68)60-33(46(73)74)16-9-21-55-47(53)54/h7,11-12,16,23,27,30-31,34-36,38,64H,3-6,8-10,13-15,17-22,24-26,48-52H2,1-2H3,(H,56,66)(H,57,71)(H,59,69)(H,60,68)(H,61,70)(H,62,67)(H,73,74)(H4,53,54,55)/b33-16-,58-32+/t27-,30-,31-,34-,35-,36-,38-/m0/s1. The molecule has 22 N–H and O–H groups in total. The van der Waals surface area contributed by atoms with Gasteiger partial charge in [0.2, 0.25) is 35.4 Å². The topological polar surface area (TPSA) is 483 Å². The minimum atomic E-state index is -1.58. The van der Waals surface area contributed by atoms with Crippen LogP contribution in [0.5, 0.6) is 5.75 Å². The molecule has 2 rings (SSSR count). The minimum Gasteiger partial charge on any atom is -0.497 e. The number of aliphatic hydroxyl groups is 1. The van der Waals surface area contributed by atoms with Gasteiger partial charge >= 0.3 is 5.97 Å². The molecule has 8 amide bonds. The number of unbranched alkanes of at least 4 members (excludes halogenated alkanes) is 2. The smallest absolute Gasteiger partial charge is 0.352 e. The van der Waals surface area contributed by atoms with E-state index in [1.165, 1.54) is 25.0 Å². The number of nitrogens with zero attached hydrogens (tertiary/aromatic N) is 2. The van der Waals surface area contributed by atoms with Crippen LogP contribution in [0.2, 0.25) is 0 Å². The fraction of sp³-hybridized carbons (Fsp3) is 0.596. The molecule has 0 radical (unpaired) electrons. The minimum absolute atomic E-state index is 0.0372. The van der Waals surface area contributed by atoms with E-state index in [1.807, 2.05) is 0 Å². The summed E-state index contributed by atoms with van der Waals surface area (Å²) in [4.78, 5) is 126. The first-order valence-corrected chi connectivity index (χ1v) is 24.8. The molecule has 0 unspecified atom stereocenters. The summed E-state index contributed by atoms with van der Waals surface area (Å²) in [5, 5.41) is 44.8. The second kappa shape index (κ2) is 34.4. The number of amides is 8. The summed E-state index contributed by atoms with van der Waals surface area (Å²) >= 11 is 0. The van der Waals surface area contributed by atoms with E-state index >= 15 is 0 Å². The molecule has 1 aromatic carbocycles. The van der Waals surface area contributed by atoms with E-state index in [-0.39, 0.29) is 82.8 Å². The predicted molar refractivity (Wildman–Crippen MR) is 276 cm³/mol. The van der Waals surface area contributed by atoms with Crippen molar-refractivity contribution < 1.29 is 58.1 Å². The molecule has 0 spiro atoms. The molecule has 75 heavy (non-hydrogen) atoms. The highest BCUT2D eigenvalue weighted by molar-refractivity contribution is 6.40. The normalized spacial score (nSPS) is 15.9. The molecule has 1 heterocycles. The molecule has 1 saturated heterocycles. The van der Waals surface area contributed by atoms with Gasteiger partial charge in [-0.2, -0.15) is 0 Å². The van der Waals surface area contributed by atoms with E-state index in [0.717, 1.165) is 0 Å². The number of aliphatic imine (C=N–C) groups is 1. The summed E-state index contributed by atoms with van der Waals surface area (Å²) < 4.78 is 5.35. The van der Waals surface area contributed by atoms with Crippen LogP contribution in [0.15, 0.2) is 41.0 Å². The molecule has 418 valence electrons. The number of carboxylic acid groups (broad SMARTS) is 1. The van der Waals surface area contributed by atoms with E-state index in [2.05, 4.69) is 42.2 Å². The van der Waals surface area contributed by atoms with Crippen LogP contribution in [-0.2, 0) is 49.6 Å². The number of likely N-dealkylation sites (tertiary alicyclic amines) is 1. The SMILES string of the molecule is COc1cccc(C[C@H](NC(=O)[C@@H]2CCCN2C(=O)/C(CCCN)=N/C(=O)CNC(=O)[C@H](C)NC(=O)[C@@H](NC(=O)[C@@H](N)CCCCN)[C@@H](O)CN)C(=O)N[C@@H](CCCCN)C(=O)N/C(=C\CCNC(=N)N)C(=O)O)c1. The van der Waals surface area contributed by atoms with Crippen LogP contribution in [0.3, 0.4) is 0 Å². The van der Waals surface area contributed by atoms with Gasteiger partial charge < -0.3 is 91.5 Å². The van der Waals surface area contributed by atoms with Gasteiger partial charge in [0.15, 0.2) is 5.96 Å². The van der Waals surface area contributed by atoms with Crippen molar-refractivity contribution in [2.24, 2.45) is 39.4 Å². The average Bonchev–Trinajstić information content (AvgIpc) is 3.88. The van der Waals surface area contributed by atoms with E-state index in [0.29, 0.717) is 50.0 Å². The molecule has 0 bridgehead atoms. The van der Waals surface area contributed by atoms with Gasteiger partial charge in [0.25, 0.3) is 11.8 Å². The second-order valence-corrected chi connectivity index (χ2v) is 17.6. The highest BCUT2D eigenvalue weighted by Crippen LogP contribution is 2.21. The zero-order chi connectivity index (χ0) is 56.0. The Morgan fingerprint density at radius 1 is 0.853 bits per heavy atom. The molecule has 7 atom stereocenters. The van der Waals surface area contributed by atoms with Gasteiger partial charge in [-0.25, -0.2) is 9.79 Å². The Bertz CT molecular complexity index is 2180. The Balaban J connectivity index is 2.32. The van der Waals surface area contributed by atoms with Crippen LogP contribution >= 0.6 is 0 Å². The number of ether oxygens (including phenoxy) is 1. The first-order valence-electron chi connectivity index (χ1n) is 24.8. The van der Waals surface area contributed by atoms with Crippen LogP contribution in [-0.4, -0.2) is 175 Å². The number of guanidine groups is 1. The Labute approximate surface area is 435 Å². The van der Waals surface area contributed by atoms with Crippen molar-refractivity contribution in [2.75, 3.05) is 52.9 Å². The monoisotopic (exact) mass is 1060 g/mol. The van der Waals surface area contributed by atoms with Gasteiger partial charge in [0.1, 0.15) is 47.4 Å². The van der Waals surface area contributed by atoms with Crippen molar-refractivity contribution in [1.29, 1.82) is 5.41 Å². The first kappa shape index (κ1) is 64.0. The van der Waals surface area contributed by atoms with Gasteiger partial charge in [-0.1, -0.05) is 24.6 Å². The maximum Gasteiger partial charge on any atom is 0.352 e. The van der Waals surface area contributed by atoms with E-state index in [9.17, 15) is 53.4 Å². The highest BCUT2D eigenvalue weighted by Gasteiger charge is 2.38. The van der Waals surface area contributed by atoms with E-state index < -0.39 is 114 Å². The Hall–Kier alpha value is -7.11. The summed E-state index contributed by atoms with van der Waals surface area (Å²) in [5.74, 6) is -8.09. The molecular weight excluding hydrogens is 981 g/mol. The predicted octanol–water partition coefficient (Wildman–Crippen LogP) is -5.13. The van der Waals surface area contributed by atoms with Crippen molar-refractivity contribution in [3.63, 3.8) is 0 Å². The second-order valence-electron chi connectivity index (χ2n) is 17.6. The third-order valence-electron chi connectivity index (χ3n) is 11.7. The molecule has 0 aromatic heterocycles. The number of carboxylic acids is 1. The van der Waals surface area contributed by atoms with Gasteiger partial charge in [0, 0.05) is 26.1 Å². The zero-order valence-corrected chi connectivity index (χ0v) is 42.7. The number of benzene rings is 1. The van der Waals surface area contributed by atoms with Gasteiger partial charge in [0.05, 0.1) is 25.8 Å². The number of carbonyl (C=O) groups is 9. The fourth-order valence-electron chi connectivity index (χ4n) is 7.56. The number of rotatable bonds is 34. The molecule has 1 aromatic rings. The van der Waals surface area contributed by atoms with Gasteiger partial charge in [-0.3, -0.25) is 43.8 Å². The summed E-state index contributed by atoms with van der Waals surface area (Å²) in [6, 6.07) is -1.07. The largest absolute Gasteiger partial charge is 0.497 e. The molecule has 0 aliphatic carbocycles. The third-order valence-corrected chi connectivity index (χ3v) is 11.7. The van der Waals surface area contributed by atoms with Crippen molar-refractivity contribution >= 4 is 64.9 Å². The van der Waals surface area contributed by atoms with Crippen LogP contribution in [0.1, 0.15) is 83.1 Å². The molecule has 1 aliphatic heterocycles. The Kier molecular flexibility index (Phi) is 29.4. The summed E-state index contributed by atoms with van der Waals surface area (Å²) in [7, 11) is 1.45. The van der Waals surface area contributed by atoms with Crippen LogP contribution in [0, 0.1) is 5.41 Å². The van der Waals surface area contributed by atoms with E-state index in [4.69, 9.17) is 44.5 Å². The maximum atomic E-state index is 14.3. The number of carbonyl (C=O) groups excluding carboxylic acids is 8. The number of nitrogens with two attached hydrogens (primary N) is 6. The lowest BCUT2D eigenvalue weighted by Crippen LogP contribution is -2.60. The van der Waals surface area contributed by atoms with Gasteiger partial charge in [-0.05, 0) is 108 Å². The quantitative estimate of drug-likeness (QED) is 0.0133. The number of aliphatic hydroxyl groups excluding tert-OH is 1. The lowest BCUT2D eigenvalue weighted by Gasteiger charge is -2.28. The number of methoxy groups -OCH3 is 1. The average molecular weight is 1060 g/mol. The summed E-state index contributed by atoms with van der Waals surface area (Å²) in [5.41, 5.74) is 33.5. The lowest BCUT2D eigenvalue weighted by atomic mass is 10.0. The molecule has 28 heteroatoms. The number of hydrogen-bond donors (Lipinski definition) is 16. The summed E-state index contributed by atoms with van der Waals surface area (Å²) in [6.07, 6.45) is 2.49. The molecule has 0 saturated carbocycles. The summed E-state index contributed by atoms with van der Waals surface area (Å²) in [6.45, 7) is 1.03. The first-order chi connectivity index (χ1) is 35.7. The Morgan fingerprint density at radius 3 is 2.16 bits per heavy atom. The molecule has 1 fully saturated rings. The van der Waals surface area contributed by atoms with E-state index in [1.54, 1.807) is 24.3 Å².